The summed E-state index contributed by atoms with van der Waals surface area (Å²) >= 11 is 0. The average molecular weight is 358 g/mol. The predicted molar refractivity (Wildman–Crippen MR) is 100 cm³/mol. The smallest absolute Gasteiger partial charge is 0.227 e. The second kappa shape index (κ2) is 8.67. The fraction of sp³-hybridized carbons (Fsp3) is 0.619. The molecule has 3 rings (SSSR count). The van der Waals surface area contributed by atoms with Crippen LogP contribution >= 0.6 is 0 Å². The highest BCUT2D eigenvalue weighted by molar-refractivity contribution is 5.89. The largest absolute Gasteiger partial charge is 0.373 e. The van der Waals surface area contributed by atoms with Crippen LogP contribution in [-0.4, -0.2) is 53.9 Å². The summed E-state index contributed by atoms with van der Waals surface area (Å²) in [5.74, 6) is 0.539. The molecule has 2 aliphatic heterocycles. The number of likely N-dealkylation sites (tertiary alicyclic amines) is 2. The van der Waals surface area contributed by atoms with Crippen molar-refractivity contribution in [1.82, 2.24) is 9.80 Å². The molecule has 2 saturated heterocycles. The van der Waals surface area contributed by atoms with Crippen LogP contribution in [0.1, 0.15) is 38.7 Å². The lowest BCUT2D eigenvalue weighted by atomic mass is 10.0. The average Bonchev–Trinajstić information content (AvgIpc) is 3.00. The van der Waals surface area contributed by atoms with Crippen LogP contribution in [0.3, 0.4) is 0 Å². The van der Waals surface area contributed by atoms with E-state index in [1.165, 1.54) is 5.56 Å². The van der Waals surface area contributed by atoms with E-state index in [1.54, 1.807) is 0 Å². The van der Waals surface area contributed by atoms with Crippen LogP contribution in [0.4, 0.5) is 0 Å². The van der Waals surface area contributed by atoms with Crippen molar-refractivity contribution in [3.8, 4) is 0 Å². The van der Waals surface area contributed by atoms with Gasteiger partial charge >= 0.3 is 0 Å². The van der Waals surface area contributed by atoms with Crippen molar-refractivity contribution in [2.24, 2.45) is 11.8 Å². The van der Waals surface area contributed by atoms with Crippen LogP contribution in [-0.2, 0) is 20.9 Å². The summed E-state index contributed by atoms with van der Waals surface area (Å²) in [6.45, 7) is 7.62. The number of hydrogen-bond acceptors (Lipinski definition) is 3. The van der Waals surface area contributed by atoms with Gasteiger partial charge in [0, 0.05) is 32.6 Å². The quantitative estimate of drug-likeness (QED) is 0.786. The zero-order chi connectivity index (χ0) is 18.5. The number of piperidine rings is 1. The van der Waals surface area contributed by atoms with Crippen LogP contribution in [0.5, 0.6) is 0 Å². The van der Waals surface area contributed by atoms with Crippen LogP contribution in [0.25, 0.3) is 0 Å². The van der Waals surface area contributed by atoms with E-state index in [0.717, 1.165) is 32.5 Å². The zero-order valence-electron chi connectivity index (χ0n) is 15.9. The maximum absolute atomic E-state index is 12.8. The normalized spacial score (nSPS) is 21.7. The Bertz CT molecular complexity index is 609. The lowest BCUT2D eigenvalue weighted by molar-refractivity contribution is -0.138. The molecule has 5 nitrogen and oxygen atoms in total. The fourth-order valence-electron chi connectivity index (χ4n) is 3.84. The van der Waals surface area contributed by atoms with Gasteiger partial charge in [-0.3, -0.25) is 9.59 Å². The van der Waals surface area contributed by atoms with Gasteiger partial charge in [0.25, 0.3) is 0 Å². The number of nitrogens with zero attached hydrogens (tertiary/aromatic N) is 2. The van der Waals surface area contributed by atoms with Crippen molar-refractivity contribution >= 4 is 11.8 Å². The second-order valence-electron chi connectivity index (χ2n) is 7.91. The van der Waals surface area contributed by atoms with Crippen LogP contribution < -0.4 is 0 Å². The molecule has 0 aliphatic carbocycles. The molecular formula is C21H30N2O3. The minimum absolute atomic E-state index is 0.123. The van der Waals surface area contributed by atoms with Crippen molar-refractivity contribution in [2.75, 3.05) is 26.2 Å². The van der Waals surface area contributed by atoms with Gasteiger partial charge < -0.3 is 14.5 Å². The molecule has 26 heavy (non-hydrogen) atoms. The van der Waals surface area contributed by atoms with Crippen molar-refractivity contribution in [3.05, 3.63) is 35.9 Å². The first kappa shape index (κ1) is 18.9. The lowest BCUT2D eigenvalue weighted by Crippen LogP contribution is -2.44. The maximum atomic E-state index is 12.8. The van der Waals surface area contributed by atoms with Crippen LogP contribution in [0.15, 0.2) is 30.3 Å². The predicted octanol–water partition coefficient (Wildman–Crippen LogP) is 2.70. The summed E-state index contributed by atoms with van der Waals surface area (Å²) in [6, 6.07) is 10.2. The monoisotopic (exact) mass is 358 g/mol. The minimum Gasteiger partial charge on any atom is -0.373 e. The van der Waals surface area contributed by atoms with Crippen molar-refractivity contribution in [1.29, 1.82) is 0 Å². The standard InChI is InChI=1S/C21H30N2O3/c1-16(2)13-23-14-18(12-20(23)24)21(25)22-10-8-19(9-11-22)26-15-17-6-4-3-5-7-17/h3-7,16,18-19H,8-15H2,1-2H3/t18-/m0/s1. The molecule has 0 aromatic heterocycles. The summed E-state index contributed by atoms with van der Waals surface area (Å²) in [5, 5.41) is 0. The Labute approximate surface area is 156 Å². The van der Waals surface area contributed by atoms with Gasteiger partial charge in [-0.25, -0.2) is 0 Å². The topological polar surface area (TPSA) is 49.9 Å². The highest BCUT2D eigenvalue weighted by Gasteiger charge is 2.37. The molecule has 2 fully saturated rings. The highest BCUT2D eigenvalue weighted by atomic mass is 16.5. The van der Waals surface area contributed by atoms with E-state index in [0.29, 0.717) is 25.5 Å². The summed E-state index contributed by atoms with van der Waals surface area (Å²) in [5.41, 5.74) is 1.18. The third kappa shape index (κ3) is 4.85. The molecule has 1 aromatic carbocycles. The SMILES string of the molecule is CC(C)CN1C[C@@H](C(=O)N2CCC(OCc3ccccc3)CC2)CC1=O. The van der Waals surface area contributed by atoms with E-state index in [9.17, 15) is 9.59 Å². The third-order valence-electron chi connectivity index (χ3n) is 5.23. The molecule has 1 atom stereocenters. The Kier molecular flexibility index (Phi) is 6.30. The third-order valence-corrected chi connectivity index (χ3v) is 5.23. The summed E-state index contributed by atoms with van der Waals surface area (Å²) in [4.78, 5) is 28.7. The molecule has 0 N–H and O–H groups in total. The molecule has 0 bridgehead atoms. The van der Waals surface area contributed by atoms with Crippen molar-refractivity contribution in [2.45, 2.75) is 45.8 Å². The van der Waals surface area contributed by atoms with E-state index in [4.69, 9.17) is 4.74 Å². The van der Waals surface area contributed by atoms with E-state index < -0.39 is 0 Å². The Hall–Kier alpha value is -1.88. The Balaban J connectivity index is 1.43. The van der Waals surface area contributed by atoms with E-state index in [-0.39, 0.29) is 23.8 Å². The first-order valence-electron chi connectivity index (χ1n) is 9.75. The molecular weight excluding hydrogens is 328 g/mol. The van der Waals surface area contributed by atoms with Crippen LogP contribution in [0, 0.1) is 11.8 Å². The molecule has 2 aliphatic rings. The zero-order valence-corrected chi connectivity index (χ0v) is 15.9. The molecule has 0 saturated carbocycles. The van der Waals surface area contributed by atoms with Gasteiger partial charge in [0.2, 0.25) is 11.8 Å². The molecule has 142 valence electrons. The second-order valence-corrected chi connectivity index (χ2v) is 7.91. The number of carbonyl (C=O) groups is 2. The molecule has 0 spiro atoms. The van der Waals surface area contributed by atoms with Gasteiger partial charge in [0.1, 0.15) is 0 Å². The number of rotatable bonds is 6. The van der Waals surface area contributed by atoms with Gasteiger partial charge in [-0.15, -0.1) is 0 Å². The van der Waals surface area contributed by atoms with E-state index in [1.807, 2.05) is 28.0 Å². The first-order valence-corrected chi connectivity index (χ1v) is 9.75. The molecule has 2 heterocycles. The van der Waals surface area contributed by atoms with E-state index in [2.05, 4.69) is 26.0 Å². The number of benzene rings is 1. The van der Waals surface area contributed by atoms with Gasteiger partial charge in [-0.05, 0) is 24.3 Å². The van der Waals surface area contributed by atoms with Gasteiger partial charge in [0.05, 0.1) is 18.6 Å². The lowest BCUT2D eigenvalue weighted by Gasteiger charge is -2.33. The number of amides is 2. The van der Waals surface area contributed by atoms with E-state index >= 15 is 0 Å². The molecule has 0 unspecified atom stereocenters. The number of carbonyl (C=O) groups excluding carboxylic acids is 2. The maximum Gasteiger partial charge on any atom is 0.227 e. The summed E-state index contributed by atoms with van der Waals surface area (Å²) in [6.07, 6.45) is 2.32. The minimum atomic E-state index is -0.164. The van der Waals surface area contributed by atoms with Crippen molar-refractivity contribution < 1.29 is 14.3 Å². The molecule has 2 amide bonds. The van der Waals surface area contributed by atoms with Gasteiger partial charge in [-0.2, -0.15) is 0 Å². The fourth-order valence-corrected chi connectivity index (χ4v) is 3.84. The van der Waals surface area contributed by atoms with Crippen LogP contribution in [0.2, 0.25) is 0 Å². The van der Waals surface area contributed by atoms with Crippen molar-refractivity contribution in [3.63, 3.8) is 0 Å². The molecule has 0 radical (unpaired) electrons. The number of hydrogen-bond donors (Lipinski definition) is 0. The Morgan fingerprint density at radius 1 is 1.19 bits per heavy atom. The van der Waals surface area contributed by atoms with Gasteiger partial charge in [-0.1, -0.05) is 44.2 Å². The summed E-state index contributed by atoms with van der Waals surface area (Å²) in [7, 11) is 0. The Morgan fingerprint density at radius 2 is 1.88 bits per heavy atom. The number of ether oxygens (including phenoxy) is 1. The van der Waals surface area contributed by atoms with Gasteiger partial charge in [0.15, 0.2) is 0 Å². The molecule has 5 heteroatoms. The first-order chi connectivity index (χ1) is 12.5. The highest BCUT2D eigenvalue weighted by Crippen LogP contribution is 2.24. The summed E-state index contributed by atoms with van der Waals surface area (Å²) < 4.78 is 6.00. The Morgan fingerprint density at radius 3 is 2.54 bits per heavy atom. The molecule has 1 aromatic rings.